The highest BCUT2D eigenvalue weighted by atomic mass is 35.5. The van der Waals surface area contributed by atoms with E-state index in [2.05, 4.69) is 15.5 Å². The molecule has 0 fully saturated rings. The van der Waals surface area contributed by atoms with Gasteiger partial charge in [-0.05, 0) is 42.5 Å². The molecule has 0 saturated heterocycles. The van der Waals surface area contributed by atoms with Crippen molar-refractivity contribution >= 4 is 33.8 Å². The number of alkyl halides is 3. The molecule has 0 saturated carbocycles. The molecule has 0 aliphatic carbocycles. The van der Waals surface area contributed by atoms with Crippen LogP contribution in [0.25, 0.3) is 0 Å². The van der Waals surface area contributed by atoms with Crippen LogP contribution in [-0.2, 0) is 6.18 Å². The van der Waals surface area contributed by atoms with Crippen LogP contribution in [0.3, 0.4) is 0 Å². The van der Waals surface area contributed by atoms with Gasteiger partial charge in [0.05, 0.1) is 10.6 Å². The van der Waals surface area contributed by atoms with Gasteiger partial charge in [0, 0.05) is 5.69 Å². The van der Waals surface area contributed by atoms with Crippen molar-refractivity contribution in [3.05, 3.63) is 58.6 Å². The van der Waals surface area contributed by atoms with E-state index in [4.69, 9.17) is 16.3 Å². The minimum Gasteiger partial charge on any atom is -0.457 e. The van der Waals surface area contributed by atoms with E-state index < -0.39 is 11.7 Å². The third-order valence-corrected chi connectivity index (χ3v) is 3.88. The van der Waals surface area contributed by atoms with E-state index in [1.165, 1.54) is 17.4 Å². The number of rotatable bonds is 4. The number of ether oxygens (including phenoxy) is 1. The highest BCUT2D eigenvalue weighted by molar-refractivity contribution is 7.13. The van der Waals surface area contributed by atoms with Gasteiger partial charge in [-0.3, -0.25) is 0 Å². The van der Waals surface area contributed by atoms with Crippen LogP contribution in [0.2, 0.25) is 5.02 Å². The first-order chi connectivity index (χ1) is 11.4. The third kappa shape index (κ3) is 3.95. The van der Waals surface area contributed by atoms with Crippen molar-refractivity contribution in [2.75, 3.05) is 5.32 Å². The minimum atomic E-state index is -4.54. The first kappa shape index (κ1) is 16.5. The fraction of sp³-hybridized carbons (Fsp3) is 0.0667. The zero-order valence-electron chi connectivity index (χ0n) is 11.8. The minimum absolute atomic E-state index is 0.0524. The molecule has 0 spiro atoms. The van der Waals surface area contributed by atoms with E-state index in [1.807, 2.05) is 0 Å². The van der Waals surface area contributed by atoms with Crippen LogP contribution in [-0.4, -0.2) is 10.2 Å². The van der Waals surface area contributed by atoms with Gasteiger partial charge in [-0.25, -0.2) is 0 Å². The summed E-state index contributed by atoms with van der Waals surface area (Å²) in [6.45, 7) is 0. The number of hydrogen-bond acceptors (Lipinski definition) is 5. The Morgan fingerprint density at radius 1 is 1.04 bits per heavy atom. The molecule has 1 N–H and O–H groups in total. The summed E-state index contributed by atoms with van der Waals surface area (Å²) in [5, 5.41) is 10.9. The molecule has 1 heterocycles. The van der Waals surface area contributed by atoms with Crippen LogP contribution in [0.5, 0.6) is 11.5 Å². The molecule has 0 atom stereocenters. The molecule has 2 aromatic carbocycles. The fourth-order valence-corrected chi connectivity index (χ4v) is 2.57. The largest absolute Gasteiger partial charge is 0.457 e. The number of nitrogens with one attached hydrogen (secondary N) is 1. The lowest BCUT2D eigenvalue weighted by Gasteiger charge is -2.12. The molecule has 3 rings (SSSR count). The van der Waals surface area contributed by atoms with Crippen LogP contribution in [0.4, 0.5) is 24.0 Å². The van der Waals surface area contributed by atoms with Crippen molar-refractivity contribution in [2.24, 2.45) is 0 Å². The summed E-state index contributed by atoms with van der Waals surface area (Å²) in [6, 6.07) is 10.1. The maximum absolute atomic E-state index is 12.8. The summed E-state index contributed by atoms with van der Waals surface area (Å²) in [5.74, 6) is 0.449. The predicted molar refractivity (Wildman–Crippen MR) is 86.2 cm³/mol. The van der Waals surface area contributed by atoms with E-state index in [1.54, 1.807) is 29.8 Å². The molecule has 0 bridgehead atoms. The van der Waals surface area contributed by atoms with E-state index in [-0.39, 0.29) is 10.8 Å². The van der Waals surface area contributed by atoms with Crippen LogP contribution < -0.4 is 10.1 Å². The zero-order valence-corrected chi connectivity index (χ0v) is 13.4. The highest BCUT2D eigenvalue weighted by Crippen LogP contribution is 2.37. The van der Waals surface area contributed by atoms with Gasteiger partial charge in [-0.15, -0.1) is 10.2 Å². The van der Waals surface area contributed by atoms with E-state index in [0.29, 0.717) is 10.9 Å². The lowest BCUT2D eigenvalue weighted by molar-refractivity contribution is -0.137. The Kier molecular flexibility index (Phi) is 4.59. The van der Waals surface area contributed by atoms with Gasteiger partial charge in [0.15, 0.2) is 0 Å². The van der Waals surface area contributed by atoms with E-state index >= 15 is 0 Å². The second-order valence-corrected chi connectivity index (χ2v) is 5.88. The standard InChI is InChI=1S/C15H9ClF3N3OS/c16-13-6-5-11(7-12(13)15(17,18)19)23-10-3-1-9(2-4-10)21-14-22-20-8-24-14/h1-8H,(H,21,22). The van der Waals surface area contributed by atoms with Gasteiger partial charge in [0.25, 0.3) is 0 Å². The number of aromatic nitrogens is 2. The second kappa shape index (κ2) is 6.66. The predicted octanol–water partition coefficient (Wildman–Crippen LogP) is 5.75. The number of anilines is 2. The van der Waals surface area contributed by atoms with Crippen LogP contribution >= 0.6 is 22.9 Å². The molecule has 3 aromatic rings. The molecule has 0 unspecified atom stereocenters. The summed E-state index contributed by atoms with van der Waals surface area (Å²) < 4.78 is 44.0. The molecule has 0 radical (unpaired) electrons. The summed E-state index contributed by atoms with van der Waals surface area (Å²) in [5.41, 5.74) is 1.42. The van der Waals surface area contributed by atoms with Crippen molar-refractivity contribution in [3.63, 3.8) is 0 Å². The van der Waals surface area contributed by atoms with Gasteiger partial charge in [0.1, 0.15) is 17.0 Å². The molecule has 4 nitrogen and oxygen atoms in total. The first-order valence-corrected chi connectivity index (χ1v) is 7.85. The molecule has 124 valence electrons. The molecular formula is C15H9ClF3N3OS. The lowest BCUT2D eigenvalue weighted by Crippen LogP contribution is -2.05. The van der Waals surface area contributed by atoms with Gasteiger partial charge >= 0.3 is 6.18 Å². The maximum Gasteiger partial charge on any atom is 0.417 e. The van der Waals surface area contributed by atoms with Crippen molar-refractivity contribution < 1.29 is 17.9 Å². The van der Waals surface area contributed by atoms with Crippen molar-refractivity contribution in [2.45, 2.75) is 6.18 Å². The first-order valence-electron chi connectivity index (χ1n) is 6.60. The Hall–Kier alpha value is -2.32. The van der Waals surface area contributed by atoms with Gasteiger partial charge in [-0.2, -0.15) is 13.2 Å². The number of hydrogen-bond donors (Lipinski definition) is 1. The highest BCUT2D eigenvalue weighted by Gasteiger charge is 2.33. The van der Waals surface area contributed by atoms with E-state index in [0.717, 1.165) is 17.8 Å². The van der Waals surface area contributed by atoms with Gasteiger partial charge in [0.2, 0.25) is 5.13 Å². The lowest BCUT2D eigenvalue weighted by atomic mass is 10.2. The second-order valence-electron chi connectivity index (χ2n) is 4.63. The maximum atomic E-state index is 12.8. The molecule has 0 amide bonds. The molecule has 24 heavy (non-hydrogen) atoms. The van der Waals surface area contributed by atoms with Crippen molar-refractivity contribution in [1.82, 2.24) is 10.2 Å². The van der Waals surface area contributed by atoms with Gasteiger partial charge in [-0.1, -0.05) is 22.9 Å². The SMILES string of the molecule is FC(F)(F)c1cc(Oc2ccc(Nc3nncs3)cc2)ccc1Cl. The fourth-order valence-electron chi connectivity index (χ4n) is 1.88. The molecule has 0 aliphatic rings. The van der Waals surface area contributed by atoms with Crippen LogP contribution in [0, 0.1) is 0 Å². The molecule has 9 heteroatoms. The van der Waals surface area contributed by atoms with Crippen LogP contribution in [0.1, 0.15) is 5.56 Å². The summed E-state index contributed by atoms with van der Waals surface area (Å²) in [6.07, 6.45) is -4.54. The van der Waals surface area contributed by atoms with Gasteiger partial charge < -0.3 is 10.1 Å². The number of nitrogens with zero attached hydrogens (tertiary/aromatic N) is 2. The topological polar surface area (TPSA) is 47.0 Å². The quantitative estimate of drug-likeness (QED) is 0.634. The molecular weight excluding hydrogens is 363 g/mol. The summed E-state index contributed by atoms with van der Waals surface area (Å²) >= 11 is 6.92. The zero-order chi connectivity index (χ0) is 17.2. The smallest absolute Gasteiger partial charge is 0.417 e. The Labute approximate surface area is 143 Å². The average Bonchev–Trinajstić information content (AvgIpc) is 3.03. The normalized spacial score (nSPS) is 11.3. The summed E-state index contributed by atoms with van der Waals surface area (Å²) in [4.78, 5) is 0. The summed E-state index contributed by atoms with van der Waals surface area (Å²) in [7, 11) is 0. The molecule has 1 aromatic heterocycles. The van der Waals surface area contributed by atoms with Crippen molar-refractivity contribution in [1.29, 1.82) is 0 Å². The Balaban J connectivity index is 1.74. The van der Waals surface area contributed by atoms with Crippen LogP contribution in [0.15, 0.2) is 48.0 Å². The Morgan fingerprint density at radius 2 is 1.75 bits per heavy atom. The monoisotopic (exact) mass is 371 g/mol. The molecule has 0 aliphatic heterocycles. The number of benzene rings is 2. The Bertz CT molecular complexity index is 823. The van der Waals surface area contributed by atoms with Crippen molar-refractivity contribution in [3.8, 4) is 11.5 Å². The third-order valence-electron chi connectivity index (χ3n) is 2.94. The number of halogens is 4. The average molecular weight is 372 g/mol. The Morgan fingerprint density at radius 3 is 2.38 bits per heavy atom. The van der Waals surface area contributed by atoms with E-state index in [9.17, 15) is 13.2 Å².